The Labute approximate surface area is 249 Å². The summed E-state index contributed by atoms with van der Waals surface area (Å²) in [6.45, 7) is 0. The van der Waals surface area contributed by atoms with Crippen molar-refractivity contribution in [3.05, 3.63) is 106 Å². The second-order valence-corrected chi connectivity index (χ2v) is 10.6. The molecule has 10 nitrogen and oxygen atoms in total. The van der Waals surface area contributed by atoms with E-state index in [9.17, 15) is 20.0 Å². The molecule has 2 unspecified atom stereocenters. The van der Waals surface area contributed by atoms with Crippen LogP contribution in [0.3, 0.4) is 0 Å². The van der Waals surface area contributed by atoms with Gasteiger partial charge >= 0.3 is 5.97 Å². The van der Waals surface area contributed by atoms with Gasteiger partial charge in [-0.1, -0.05) is 47.7 Å². The molecule has 0 aliphatic carbocycles. The SMILES string of the molecule is COc1ccccc1N=c1sc2c(n1-c1ccccc1OC)NC(=O)C(C#N)C2c1ccc(-c2ccc(C(=O)O)cc2)o1. The number of carbonyl (C=O) groups excluding carboxylic acids is 1. The zero-order valence-corrected chi connectivity index (χ0v) is 23.8. The number of nitrogens with one attached hydrogen (secondary N) is 1. The number of benzene rings is 3. The van der Waals surface area contributed by atoms with E-state index in [1.165, 1.54) is 23.5 Å². The number of carboxylic acids is 1. The molecule has 2 atom stereocenters. The highest BCUT2D eigenvalue weighted by Crippen LogP contribution is 2.45. The van der Waals surface area contributed by atoms with Crippen LogP contribution in [0.4, 0.5) is 11.5 Å². The van der Waals surface area contributed by atoms with Crippen molar-refractivity contribution in [1.29, 1.82) is 5.26 Å². The minimum Gasteiger partial charge on any atom is -0.495 e. The maximum absolute atomic E-state index is 13.4. The third-order valence-electron chi connectivity index (χ3n) is 7.11. The summed E-state index contributed by atoms with van der Waals surface area (Å²) < 4.78 is 19.2. The van der Waals surface area contributed by atoms with Crippen molar-refractivity contribution in [3.63, 3.8) is 0 Å². The minimum absolute atomic E-state index is 0.152. The second-order valence-electron chi connectivity index (χ2n) is 9.55. The van der Waals surface area contributed by atoms with Gasteiger partial charge in [0.05, 0.1) is 42.3 Å². The molecular formula is C32H24N4O6S. The summed E-state index contributed by atoms with van der Waals surface area (Å²) in [6.07, 6.45) is 0. The molecule has 2 N–H and O–H groups in total. The number of rotatable bonds is 7. The van der Waals surface area contributed by atoms with Gasteiger partial charge in [-0.25, -0.2) is 9.79 Å². The largest absolute Gasteiger partial charge is 0.495 e. The van der Waals surface area contributed by atoms with Crippen molar-refractivity contribution in [2.45, 2.75) is 5.92 Å². The summed E-state index contributed by atoms with van der Waals surface area (Å²) in [6, 6.07) is 26.6. The van der Waals surface area contributed by atoms with Crippen LogP contribution in [0.25, 0.3) is 17.0 Å². The van der Waals surface area contributed by atoms with E-state index in [2.05, 4.69) is 11.4 Å². The van der Waals surface area contributed by atoms with Gasteiger partial charge < -0.3 is 24.3 Å². The third kappa shape index (κ3) is 4.94. The molecule has 11 heteroatoms. The summed E-state index contributed by atoms with van der Waals surface area (Å²) >= 11 is 1.32. The Balaban J connectivity index is 1.57. The summed E-state index contributed by atoms with van der Waals surface area (Å²) in [7, 11) is 3.13. The number of hydrogen-bond acceptors (Lipinski definition) is 8. The summed E-state index contributed by atoms with van der Waals surface area (Å²) in [5.74, 6) is -0.856. The lowest BCUT2D eigenvalue weighted by Gasteiger charge is -2.26. The number of fused-ring (bicyclic) bond motifs is 1. The molecule has 1 aliphatic heterocycles. The molecule has 214 valence electrons. The molecule has 0 radical (unpaired) electrons. The number of thiazole rings is 1. The monoisotopic (exact) mass is 592 g/mol. The molecule has 1 amide bonds. The zero-order chi connectivity index (χ0) is 30.1. The van der Waals surface area contributed by atoms with Crippen LogP contribution in [0.1, 0.15) is 26.9 Å². The number of methoxy groups -OCH3 is 2. The lowest BCUT2D eigenvalue weighted by Crippen LogP contribution is -2.33. The molecular weight excluding hydrogens is 568 g/mol. The van der Waals surface area contributed by atoms with Gasteiger partial charge in [0.1, 0.15) is 40.4 Å². The van der Waals surface area contributed by atoms with Crippen LogP contribution in [-0.2, 0) is 4.79 Å². The summed E-state index contributed by atoms with van der Waals surface area (Å²) in [5.41, 5.74) is 2.04. The molecule has 0 saturated carbocycles. The van der Waals surface area contributed by atoms with E-state index in [0.717, 1.165) is 0 Å². The average molecular weight is 593 g/mol. The van der Waals surface area contributed by atoms with Gasteiger partial charge in [-0.2, -0.15) is 5.26 Å². The number of nitrogens with zero attached hydrogens (tertiary/aromatic N) is 3. The zero-order valence-electron chi connectivity index (χ0n) is 23.0. The molecule has 3 aromatic carbocycles. The highest BCUT2D eigenvalue weighted by molar-refractivity contribution is 7.10. The Morgan fingerprint density at radius 2 is 1.70 bits per heavy atom. The first-order chi connectivity index (χ1) is 20.9. The van der Waals surface area contributed by atoms with Crippen molar-refractivity contribution in [1.82, 2.24) is 4.57 Å². The quantitative estimate of drug-likeness (QED) is 0.237. The number of aromatic carboxylic acids is 1. The molecule has 3 heterocycles. The molecule has 0 spiro atoms. The molecule has 5 aromatic rings. The highest BCUT2D eigenvalue weighted by atomic mass is 32.1. The first kappa shape index (κ1) is 27.6. The number of carbonyl (C=O) groups is 2. The van der Waals surface area contributed by atoms with Crippen LogP contribution >= 0.6 is 11.3 Å². The number of para-hydroxylation sites is 4. The van der Waals surface area contributed by atoms with Gasteiger partial charge in [-0.15, -0.1) is 0 Å². The Morgan fingerprint density at radius 1 is 1.00 bits per heavy atom. The fraction of sp³-hybridized carbons (Fsp3) is 0.125. The predicted octanol–water partition coefficient (Wildman–Crippen LogP) is 5.97. The number of amides is 1. The van der Waals surface area contributed by atoms with E-state index in [4.69, 9.17) is 18.9 Å². The Kier molecular flexibility index (Phi) is 7.27. The molecule has 0 saturated heterocycles. The summed E-state index contributed by atoms with van der Waals surface area (Å²) in [4.78, 5) is 30.8. The van der Waals surface area contributed by atoms with Gasteiger partial charge in [0.15, 0.2) is 4.80 Å². The van der Waals surface area contributed by atoms with E-state index in [1.54, 1.807) is 43.1 Å². The van der Waals surface area contributed by atoms with Crippen molar-refractivity contribution < 1.29 is 28.6 Å². The Morgan fingerprint density at radius 3 is 2.40 bits per heavy atom. The van der Waals surface area contributed by atoms with Crippen molar-refractivity contribution in [2.24, 2.45) is 10.9 Å². The second kappa shape index (κ2) is 11.3. The molecule has 1 aliphatic rings. The number of hydrogen-bond donors (Lipinski definition) is 2. The van der Waals surface area contributed by atoms with Gasteiger partial charge in [-0.05, 0) is 48.5 Å². The molecule has 6 rings (SSSR count). The van der Waals surface area contributed by atoms with Gasteiger partial charge in [0.2, 0.25) is 5.91 Å². The number of aromatic nitrogens is 1. The standard InChI is InChI=1S/C32H24N4O6S/c1-40-24-9-5-3-7-21(24)34-32-36(22-8-4-6-10-25(22)41-2)29-28(43-32)27(20(17-33)30(37)35-29)26-16-15-23(42-26)18-11-13-19(14-12-18)31(38)39/h3-16,20,27H,1-2H3,(H,35,37)(H,38,39). The number of furan rings is 1. The van der Waals surface area contributed by atoms with Crippen LogP contribution in [-0.4, -0.2) is 35.8 Å². The number of carboxylic acid groups (broad SMARTS) is 1. The van der Waals surface area contributed by atoms with Gasteiger partial charge in [0, 0.05) is 5.56 Å². The van der Waals surface area contributed by atoms with E-state index < -0.39 is 23.7 Å². The van der Waals surface area contributed by atoms with Crippen molar-refractivity contribution in [3.8, 4) is 34.6 Å². The number of nitriles is 1. The third-order valence-corrected chi connectivity index (χ3v) is 8.23. The van der Waals surface area contributed by atoms with Crippen LogP contribution in [0, 0.1) is 17.2 Å². The van der Waals surface area contributed by atoms with Crippen LogP contribution in [0.2, 0.25) is 0 Å². The lowest BCUT2D eigenvalue weighted by atomic mass is 9.86. The molecule has 43 heavy (non-hydrogen) atoms. The predicted molar refractivity (Wildman–Crippen MR) is 159 cm³/mol. The molecule has 0 bridgehead atoms. The fourth-order valence-corrected chi connectivity index (χ4v) is 6.28. The molecule has 0 fully saturated rings. The maximum atomic E-state index is 13.4. The fourth-order valence-electron chi connectivity index (χ4n) is 5.04. The van der Waals surface area contributed by atoms with Gasteiger partial charge in [0.25, 0.3) is 0 Å². The first-order valence-electron chi connectivity index (χ1n) is 13.1. The number of ether oxygens (including phenoxy) is 2. The van der Waals surface area contributed by atoms with E-state index in [0.29, 0.717) is 55.5 Å². The Hall–Kier alpha value is -5.60. The van der Waals surface area contributed by atoms with E-state index in [1.807, 2.05) is 48.5 Å². The average Bonchev–Trinajstić information content (AvgIpc) is 3.65. The van der Waals surface area contributed by atoms with Crippen molar-refractivity contribution >= 4 is 34.7 Å². The highest BCUT2D eigenvalue weighted by Gasteiger charge is 2.42. The van der Waals surface area contributed by atoms with Crippen molar-refractivity contribution in [2.75, 3.05) is 19.5 Å². The normalized spacial score (nSPS) is 16.2. The smallest absolute Gasteiger partial charge is 0.335 e. The van der Waals surface area contributed by atoms with E-state index >= 15 is 0 Å². The van der Waals surface area contributed by atoms with E-state index in [-0.39, 0.29) is 5.56 Å². The molecule has 2 aromatic heterocycles. The van der Waals surface area contributed by atoms with Crippen LogP contribution in [0.5, 0.6) is 11.5 Å². The van der Waals surface area contributed by atoms with Gasteiger partial charge in [-0.3, -0.25) is 9.36 Å². The topological polar surface area (TPSA) is 139 Å². The van der Waals surface area contributed by atoms with Crippen LogP contribution < -0.4 is 19.6 Å². The number of anilines is 1. The first-order valence-corrected chi connectivity index (χ1v) is 14.0. The maximum Gasteiger partial charge on any atom is 0.335 e. The minimum atomic E-state index is -1.08. The summed E-state index contributed by atoms with van der Waals surface area (Å²) in [5, 5.41) is 22.3. The lowest BCUT2D eigenvalue weighted by molar-refractivity contribution is -0.119. The van der Waals surface area contributed by atoms with Crippen LogP contribution in [0.15, 0.2) is 94.3 Å². The Bertz CT molecular complexity index is 1960.